The molecule has 1 saturated carbocycles. The Labute approximate surface area is 220 Å². The van der Waals surface area contributed by atoms with Crippen molar-refractivity contribution in [3.8, 4) is 6.07 Å². The van der Waals surface area contributed by atoms with E-state index in [9.17, 15) is 28.3 Å². The highest BCUT2D eigenvalue weighted by molar-refractivity contribution is 6.31. The van der Waals surface area contributed by atoms with Crippen molar-refractivity contribution in [1.82, 2.24) is 9.80 Å². The van der Waals surface area contributed by atoms with Gasteiger partial charge in [0.25, 0.3) is 0 Å². The zero-order valence-corrected chi connectivity index (χ0v) is 21.3. The van der Waals surface area contributed by atoms with Crippen LogP contribution in [0, 0.1) is 23.2 Å². The Kier molecular flexibility index (Phi) is 8.83. The predicted molar refractivity (Wildman–Crippen MR) is 136 cm³/mol. The molecule has 0 spiro atoms. The first kappa shape index (κ1) is 27.5. The number of hydrogen-bond donors (Lipinski definition) is 2. The minimum atomic E-state index is -4.62. The summed E-state index contributed by atoms with van der Waals surface area (Å²) in [6.45, 7) is 2.30. The molecule has 6 nitrogen and oxygen atoms in total. The molecule has 0 radical (unpaired) electrons. The number of carbonyl (C=O) groups excluding carboxylic acids is 1. The third-order valence-electron chi connectivity index (χ3n) is 7.73. The van der Waals surface area contributed by atoms with E-state index in [1.54, 1.807) is 4.90 Å². The molecular weight excluding hydrogens is 505 g/mol. The molecule has 2 N–H and O–H groups in total. The van der Waals surface area contributed by atoms with Crippen LogP contribution in [0.1, 0.15) is 44.1 Å². The van der Waals surface area contributed by atoms with Crippen molar-refractivity contribution >= 4 is 23.3 Å². The second-order valence-electron chi connectivity index (χ2n) is 10.2. The summed E-state index contributed by atoms with van der Waals surface area (Å²) in [5.41, 5.74) is -0.166. The van der Waals surface area contributed by atoms with Crippen LogP contribution in [0.25, 0.3) is 0 Å². The van der Waals surface area contributed by atoms with Crippen molar-refractivity contribution in [2.45, 2.75) is 56.8 Å². The van der Waals surface area contributed by atoms with E-state index in [4.69, 9.17) is 11.6 Å². The molecule has 1 unspecified atom stereocenters. The van der Waals surface area contributed by atoms with Crippen molar-refractivity contribution in [3.05, 3.63) is 52.6 Å². The van der Waals surface area contributed by atoms with Crippen molar-refractivity contribution in [2.24, 2.45) is 11.8 Å². The topological polar surface area (TPSA) is 79.6 Å². The number of urea groups is 1. The molecule has 4 rings (SSSR count). The van der Waals surface area contributed by atoms with Crippen LogP contribution < -0.4 is 5.32 Å². The molecule has 200 valence electrons. The van der Waals surface area contributed by atoms with Crippen molar-refractivity contribution in [1.29, 1.82) is 5.26 Å². The Hall–Kier alpha value is -2.54. The number of aliphatic hydroxyl groups excluding tert-OH is 1. The summed E-state index contributed by atoms with van der Waals surface area (Å²) in [5.74, 6) is 0.734. The van der Waals surface area contributed by atoms with Crippen LogP contribution in [0.4, 0.5) is 23.7 Å². The van der Waals surface area contributed by atoms with Crippen molar-refractivity contribution < 1.29 is 23.1 Å². The number of anilines is 1. The first-order valence-corrected chi connectivity index (χ1v) is 13.1. The van der Waals surface area contributed by atoms with E-state index in [0.29, 0.717) is 37.9 Å². The molecule has 1 aliphatic heterocycles. The minimum Gasteiger partial charge on any atom is -0.392 e. The first-order chi connectivity index (χ1) is 17.6. The number of nitriles is 1. The number of amides is 2. The Morgan fingerprint density at radius 2 is 2.00 bits per heavy atom. The molecule has 1 aromatic carbocycles. The van der Waals surface area contributed by atoms with Crippen LogP contribution in [0.5, 0.6) is 0 Å². The SMILES string of the molecule is N#CC1=CC=CC(C2CCC(N(CCN3CC[C@@H](O)C3)C(=O)Nc3ccc(Cl)c(C(F)(F)F)c3)CC2)C1. The van der Waals surface area contributed by atoms with E-state index in [1.165, 1.54) is 6.07 Å². The fraction of sp³-hybridized carbons (Fsp3) is 0.556. The number of rotatable bonds is 6. The Morgan fingerprint density at radius 1 is 1.24 bits per heavy atom. The zero-order valence-electron chi connectivity index (χ0n) is 20.6. The summed E-state index contributed by atoms with van der Waals surface area (Å²) in [7, 11) is 0. The molecule has 1 saturated heterocycles. The standard InChI is InChI=1S/C27H32ClF3N4O2/c28-25-9-6-21(15-24(25)27(29,30)31)33-26(37)35(13-12-34-11-10-23(36)17-34)22-7-4-19(5-8-22)20-3-1-2-18(14-20)16-32/h1-3,6,9,15,19-20,22-23,36H,4-5,7-8,10-14,17H2,(H,33,37)/t19?,20?,22?,23-/m1/s1. The molecule has 1 heterocycles. The van der Waals surface area contributed by atoms with Gasteiger partial charge in [-0.15, -0.1) is 0 Å². The van der Waals surface area contributed by atoms with Gasteiger partial charge in [-0.2, -0.15) is 18.4 Å². The number of alkyl halides is 3. The van der Waals surface area contributed by atoms with Gasteiger partial charge in [0.15, 0.2) is 0 Å². The molecule has 3 aliphatic rings. The Morgan fingerprint density at radius 3 is 2.65 bits per heavy atom. The van der Waals surface area contributed by atoms with Crippen LogP contribution in [-0.2, 0) is 6.18 Å². The largest absolute Gasteiger partial charge is 0.417 e. The predicted octanol–water partition coefficient (Wildman–Crippen LogP) is 5.84. The number of likely N-dealkylation sites (tertiary alicyclic amines) is 1. The van der Waals surface area contributed by atoms with E-state index in [2.05, 4.69) is 22.4 Å². The highest BCUT2D eigenvalue weighted by Gasteiger charge is 2.35. The Balaban J connectivity index is 1.43. The number of benzene rings is 1. The van der Waals surface area contributed by atoms with Gasteiger partial charge in [0.2, 0.25) is 0 Å². The molecule has 0 bridgehead atoms. The third-order valence-corrected chi connectivity index (χ3v) is 8.06. The van der Waals surface area contributed by atoms with E-state index in [1.807, 2.05) is 12.2 Å². The molecule has 2 aliphatic carbocycles. The number of β-amino-alcohol motifs (C(OH)–C–C–N with tert-alkyl or cyclic N) is 1. The van der Waals surface area contributed by atoms with Gasteiger partial charge in [-0.3, -0.25) is 4.90 Å². The van der Waals surface area contributed by atoms with Crippen LogP contribution >= 0.6 is 11.6 Å². The monoisotopic (exact) mass is 536 g/mol. The number of hydrogen-bond acceptors (Lipinski definition) is 4. The summed E-state index contributed by atoms with van der Waals surface area (Å²) in [5, 5.41) is 21.3. The van der Waals surface area contributed by atoms with Gasteiger partial charge in [-0.05, 0) is 74.6 Å². The number of allylic oxidation sites excluding steroid dienone is 4. The minimum absolute atomic E-state index is 0.0418. The quantitative estimate of drug-likeness (QED) is 0.478. The number of aliphatic hydroxyl groups is 1. The number of nitrogens with one attached hydrogen (secondary N) is 1. The van der Waals surface area contributed by atoms with Crippen LogP contribution in [0.2, 0.25) is 5.02 Å². The molecule has 37 heavy (non-hydrogen) atoms. The maximum absolute atomic E-state index is 13.4. The van der Waals surface area contributed by atoms with Gasteiger partial charge in [0, 0.05) is 43.5 Å². The fourth-order valence-corrected chi connectivity index (χ4v) is 5.91. The average Bonchev–Trinajstić information content (AvgIpc) is 3.30. The highest BCUT2D eigenvalue weighted by Crippen LogP contribution is 2.38. The summed E-state index contributed by atoms with van der Waals surface area (Å²) >= 11 is 5.74. The maximum Gasteiger partial charge on any atom is 0.417 e. The lowest BCUT2D eigenvalue weighted by Gasteiger charge is -2.39. The van der Waals surface area contributed by atoms with Crippen molar-refractivity contribution in [3.63, 3.8) is 0 Å². The van der Waals surface area contributed by atoms with E-state index in [-0.39, 0.29) is 17.8 Å². The Bertz CT molecular complexity index is 1080. The molecule has 0 aromatic heterocycles. The fourth-order valence-electron chi connectivity index (χ4n) is 5.68. The lowest BCUT2D eigenvalue weighted by molar-refractivity contribution is -0.137. The van der Waals surface area contributed by atoms with Crippen LogP contribution in [0.15, 0.2) is 42.0 Å². The smallest absolute Gasteiger partial charge is 0.392 e. The highest BCUT2D eigenvalue weighted by atomic mass is 35.5. The lowest BCUT2D eigenvalue weighted by atomic mass is 9.74. The third kappa shape index (κ3) is 7.07. The molecule has 2 amide bonds. The summed E-state index contributed by atoms with van der Waals surface area (Å²) in [6, 6.07) is 5.14. The van der Waals surface area contributed by atoms with Crippen LogP contribution in [0.3, 0.4) is 0 Å². The summed E-state index contributed by atoms with van der Waals surface area (Å²) < 4.78 is 40.0. The van der Waals surface area contributed by atoms with Gasteiger partial charge in [-0.1, -0.05) is 23.8 Å². The second kappa shape index (κ2) is 11.9. The molecule has 2 fully saturated rings. The molecule has 1 aromatic rings. The van der Waals surface area contributed by atoms with E-state index >= 15 is 0 Å². The lowest BCUT2D eigenvalue weighted by Crippen LogP contribution is -2.48. The normalized spacial score (nSPS) is 26.4. The summed E-state index contributed by atoms with van der Waals surface area (Å²) in [6.07, 6.45) is 5.77. The van der Waals surface area contributed by atoms with Gasteiger partial charge >= 0.3 is 12.2 Å². The zero-order chi connectivity index (χ0) is 26.6. The number of halogens is 4. The maximum atomic E-state index is 13.4. The number of nitrogens with zero attached hydrogens (tertiary/aromatic N) is 3. The van der Waals surface area contributed by atoms with E-state index < -0.39 is 22.8 Å². The second-order valence-corrected chi connectivity index (χ2v) is 10.6. The van der Waals surface area contributed by atoms with E-state index in [0.717, 1.165) is 56.4 Å². The van der Waals surface area contributed by atoms with Gasteiger partial charge in [0.1, 0.15) is 0 Å². The van der Waals surface area contributed by atoms with Gasteiger partial charge in [-0.25, -0.2) is 4.79 Å². The first-order valence-electron chi connectivity index (χ1n) is 12.8. The molecular formula is C27H32ClF3N4O2. The molecule has 2 atom stereocenters. The van der Waals surface area contributed by atoms with Gasteiger partial charge in [0.05, 0.1) is 22.8 Å². The number of carbonyl (C=O) groups is 1. The van der Waals surface area contributed by atoms with Gasteiger partial charge < -0.3 is 15.3 Å². The summed E-state index contributed by atoms with van der Waals surface area (Å²) in [4.78, 5) is 17.2. The average molecular weight is 537 g/mol. The molecule has 10 heteroatoms. The van der Waals surface area contributed by atoms with Crippen LogP contribution in [-0.4, -0.2) is 59.3 Å². The van der Waals surface area contributed by atoms with Crippen molar-refractivity contribution in [2.75, 3.05) is 31.5 Å².